The summed E-state index contributed by atoms with van der Waals surface area (Å²) in [5, 5.41) is 0. The van der Waals surface area contributed by atoms with Crippen LogP contribution in [0.5, 0.6) is 0 Å². The summed E-state index contributed by atoms with van der Waals surface area (Å²) in [6, 6.07) is 35.6. The molecule has 0 radical (unpaired) electrons. The van der Waals surface area contributed by atoms with Gasteiger partial charge >= 0.3 is 28.4 Å². The van der Waals surface area contributed by atoms with E-state index >= 15 is 0 Å². The van der Waals surface area contributed by atoms with Crippen LogP contribution < -0.4 is 0 Å². The van der Waals surface area contributed by atoms with E-state index in [2.05, 4.69) is 131 Å². The summed E-state index contributed by atoms with van der Waals surface area (Å²) in [6.07, 6.45) is 15.2. The second-order valence-electron chi connectivity index (χ2n) is 12.7. The average Bonchev–Trinajstić information content (AvgIpc) is 3.74. The van der Waals surface area contributed by atoms with Gasteiger partial charge in [-0.3, -0.25) is 6.08 Å². The molecule has 0 heterocycles. The van der Waals surface area contributed by atoms with Crippen LogP contribution in [0.15, 0.2) is 109 Å². The van der Waals surface area contributed by atoms with Crippen molar-refractivity contribution >= 4 is 29.0 Å². The molecule has 0 unspecified atom stereocenters. The van der Waals surface area contributed by atoms with Crippen LogP contribution >= 0.6 is 24.8 Å². The van der Waals surface area contributed by atoms with Gasteiger partial charge in [0.25, 0.3) is 0 Å². The summed E-state index contributed by atoms with van der Waals surface area (Å²) >= 11 is 1.30. The van der Waals surface area contributed by atoms with Crippen molar-refractivity contribution in [3.05, 3.63) is 168 Å². The molecule has 3 heteroatoms. The summed E-state index contributed by atoms with van der Waals surface area (Å²) in [4.78, 5) is 0. The molecule has 0 aliphatic heterocycles. The zero-order chi connectivity index (χ0) is 32.6. The van der Waals surface area contributed by atoms with Crippen LogP contribution in [0.4, 0.5) is 0 Å². The first kappa shape index (κ1) is 43.4. The normalized spacial score (nSPS) is 11.4. The number of hydrogen-bond acceptors (Lipinski definition) is 0. The average molecular weight is 731 g/mol. The Balaban J connectivity index is 0.000000669. The molecule has 4 aromatic carbocycles. The standard InChI is InChI=1S/C21H25.2C8H9.C5H5.CH2.2ClH.Zr/c1-20(2,3)16-9-7-14-11-15-8-10-17(21(4,5)6)13-19(15)18(14)12-16;2*1-2-8-6-4-3-5-7-8;1-2-4-5-3-1;;;;/h7,9-10,12-13H,11H2,1-6H3;2*2-7H,1H3;1-3H,4H2;1H2;2*1H;/q4*-1;;;;. The Morgan fingerprint density at radius 3 is 1.54 bits per heavy atom. The first-order chi connectivity index (χ1) is 21.0. The SMILES string of the molecule is CC(C)(C)c1c[c-]c2c(c1)-c1cc(C(C)(C)C)ccc1C2.C[CH-]c1ccccc1.C[CH-]c1ccccc1.Cl.Cl.[C-]1=CC=CC1.[CH2]=[Zr]. The topological polar surface area (TPSA) is 0 Å². The minimum absolute atomic E-state index is 0. The van der Waals surface area contributed by atoms with Crippen molar-refractivity contribution in [2.45, 2.75) is 79.1 Å². The molecule has 0 bridgehead atoms. The molecule has 0 aromatic heterocycles. The fourth-order valence-corrected chi connectivity index (χ4v) is 4.62. The second kappa shape index (κ2) is 22.1. The van der Waals surface area contributed by atoms with E-state index in [4.69, 9.17) is 0 Å². The van der Waals surface area contributed by atoms with Gasteiger partial charge in [-0.1, -0.05) is 102 Å². The van der Waals surface area contributed by atoms with Gasteiger partial charge in [-0.25, -0.2) is 12.2 Å². The Bertz CT molecular complexity index is 1350. The predicted octanol–water partition coefficient (Wildman–Crippen LogP) is 12.3. The van der Waals surface area contributed by atoms with E-state index < -0.39 is 0 Å². The zero-order valence-corrected chi connectivity index (χ0v) is 33.1. The van der Waals surface area contributed by atoms with Crippen molar-refractivity contribution in [2.24, 2.45) is 0 Å². The van der Waals surface area contributed by atoms with Crippen LogP contribution in [-0.4, -0.2) is 4.21 Å². The zero-order valence-electron chi connectivity index (χ0n) is 29.0. The molecule has 0 nitrogen and oxygen atoms in total. The van der Waals surface area contributed by atoms with Crippen molar-refractivity contribution in [1.29, 1.82) is 0 Å². The molecule has 6 rings (SSSR count). The maximum atomic E-state index is 3.53. The van der Waals surface area contributed by atoms with Gasteiger partial charge in [-0.05, 0) is 17.4 Å². The fraction of sp³-hybridized carbons (Fsp3) is 0.279. The van der Waals surface area contributed by atoms with Crippen LogP contribution in [0.1, 0.15) is 95.2 Å². The van der Waals surface area contributed by atoms with Crippen molar-refractivity contribution in [3.8, 4) is 11.1 Å². The van der Waals surface area contributed by atoms with E-state index in [1.54, 1.807) is 0 Å². The van der Waals surface area contributed by atoms with Gasteiger partial charge in [0.2, 0.25) is 0 Å². The first-order valence-electron chi connectivity index (χ1n) is 15.5. The van der Waals surface area contributed by atoms with Gasteiger partial charge in [0.1, 0.15) is 0 Å². The molecule has 0 saturated heterocycles. The molecule has 0 spiro atoms. The van der Waals surface area contributed by atoms with E-state index in [9.17, 15) is 0 Å². The summed E-state index contributed by atoms with van der Waals surface area (Å²) in [5.74, 6) is 0. The van der Waals surface area contributed by atoms with Crippen LogP contribution in [0.25, 0.3) is 11.1 Å². The number of hydrogen-bond donors (Lipinski definition) is 0. The monoisotopic (exact) mass is 728 g/mol. The number of benzene rings is 4. The van der Waals surface area contributed by atoms with Crippen LogP contribution in [-0.2, 0) is 41.5 Å². The quantitative estimate of drug-likeness (QED) is 0.159. The van der Waals surface area contributed by atoms with Gasteiger partial charge in [0, 0.05) is 0 Å². The summed E-state index contributed by atoms with van der Waals surface area (Å²) in [5.41, 5.74) is 11.3. The van der Waals surface area contributed by atoms with Gasteiger partial charge in [-0.2, -0.15) is 83.6 Å². The van der Waals surface area contributed by atoms with Crippen molar-refractivity contribution in [3.63, 3.8) is 0 Å². The van der Waals surface area contributed by atoms with Gasteiger partial charge in [-0.15, -0.1) is 61.1 Å². The number of fused-ring (bicyclic) bond motifs is 3. The Morgan fingerprint density at radius 1 is 0.674 bits per heavy atom. The molecule has 0 atom stereocenters. The van der Waals surface area contributed by atoms with Crippen LogP contribution in [0, 0.1) is 25.0 Å². The second-order valence-corrected chi connectivity index (χ2v) is 12.7. The maximum absolute atomic E-state index is 3.53. The Labute approximate surface area is 309 Å². The Morgan fingerprint density at radius 2 is 1.17 bits per heavy atom. The molecule has 2 aliphatic carbocycles. The minimum atomic E-state index is 0. The van der Waals surface area contributed by atoms with Crippen LogP contribution in [0.3, 0.4) is 0 Å². The van der Waals surface area contributed by atoms with E-state index in [1.807, 2.05) is 62.4 Å². The van der Waals surface area contributed by atoms with Crippen LogP contribution in [0.2, 0.25) is 0 Å². The number of halogens is 2. The molecule has 246 valence electrons. The van der Waals surface area contributed by atoms with Gasteiger partial charge < -0.3 is 0 Å². The fourth-order valence-electron chi connectivity index (χ4n) is 4.62. The molecular weight excluding hydrogens is 679 g/mol. The molecule has 0 fully saturated rings. The molecule has 0 amide bonds. The number of rotatable bonds is 2. The summed E-state index contributed by atoms with van der Waals surface area (Å²) < 4.78 is 3.34. The summed E-state index contributed by atoms with van der Waals surface area (Å²) in [6.45, 7) is 17.7. The third kappa shape index (κ3) is 14.5. The predicted molar refractivity (Wildman–Crippen MR) is 205 cm³/mol. The summed E-state index contributed by atoms with van der Waals surface area (Å²) in [7, 11) is 0. The first-order valence-corrected chi connectivity index (χ1v) is 17.2. The van der Waals surface area contributed by atoms with E-state index in [0.29, 0.717) is 0 Å². The molecule has 46 heavy (non-hydrogen) atoms. The molecule has 2 aliphatic rings. The Hall–Kier alpha value is -2.57. The Kier molecular flexibility index (Phi) is 20.9. The van der Waals surface area contributed by atoms with E-state index in [1.165, 1.54) is 68.7 Å². The van der Waals surface area contributed by atoms with Crippen molar-refractivity contribution in [2.75, 3.05) is 0 Å². The van der Waals surface area contributed by atoms with Gasteiger partial charge in [0.15, 0.2) is 0 Å². The molecular formula is C43H52Cl2Zr-4. The molecule has 0 saturated carbocycles. The molecule has 0 N–H and O–H groups in total. The number of allylic oxidation sites excluding steroid dienone is 4. The van der Waals surface area contributed by atoms with Crippen molar-refractivity contribution < 1.29 is 24.2 Å². The third-order valence-corrected chi connectivity index (χ3v) is 7.38. The van der Waals surface area contributed by atoms with Gasteiger partial charge in [0.05, 0.1) is 0 Å². The molecule has 4 aromatic rings. The third-order valence-electron chi connectivity index (χ3n) is 7.38. The van der Waals surface area contributed by atoms with E-state index in [-0.39, 0.29) is 35.6 Å². The van der Waals surface area contributed by atoms with E-state index in [0.717, 1.165) is 12.8 Å². The van der Waals surface area contributed by atoms with Crippen molar-refractivity contribution in [1.82, 2.24) is 0 Å².